The maximum Gasteiger partial charge on any atom is 0.305 e. The van der Waals surface area contributed by atoms with Gasteiger partial charge in [0.05, 0.1) is 12.5 Å². The van der Waals surface area contributed by atoms with Crippen LogP contribution in [0.25, 0.3) is 10.8 Å². The van der Waals surface area contributed by atoms with E-state index in [-0.39, 0.29) is 5.92 Å². The zero-order valence-corrected chi connectivity index (χ0v) is 17.8. The Hall–Kier alpha value is -3.42. The molecular formula is C23H28N2O6. The van der Waals surface area contributed by atoms with Crippen molar-refractivity contribution in [2.45, 2.75) is 51.8 Å². The summed E-state index contributed by atoms with van der Waals surface area (Å²) in [6, 6.07) is 11.1. The molecule has 0 radical (unpaired) electrons. The van der Waals surface area contributed by atoms with Gasteiger partial charge in [-0.15, -0.1) is 0 Å². The van der Waals surface area contributed by atoms with E-state index in [4.69, 9.17) is 9.84 Å². The van der Waals surface area contributed by atoms with Crippen LogP contribution < -0.4 is 15.4 Å². The van der Waals surface area contributed by atoms with E-state index in [0.717, 1.165) is 10.8 Å². The molecule has 31 heavy (non-hydrogen) atoms. The van der Waals surface area contributed by atoms with E-state index in [9.17, 15) is 19.2 Å². The van der Waals surface area contributed by atoms with Gasteiger partial charge in [0.2, 0.25) is 5.91 Å². The fourth-order valence-electron chi connectivity index (χ4n) is 3.14. The summed E-state index contributed by atoms with van der Waals surface area (Å²) < 4.78 is 5.85. The third kappa shape index (κ3) is 7.09. The first-order chi connectivity index (χ1) is 14.7. The molecule has 3 N–H and O–H groups in total. The van der Waals surface area contributed by atoms with Gasteiger partial charge in [-0.2, -0.15) is 0 Å². The molecule has 8 nitrogen and oxygen atoms in total. The summed E-state index contributed by atoms with van der Waals surface area (Å²) in [6.07, 6.45) is -0.726. The van der Waals surface area contributed by atoms with Crippen LogP contribution in [-0.4, -0.2) is 47.4 Å². The molecule has 8 heteroatoms. The number of amides is 2. The van der Waals surface area contributed by atoms with Gasteiger partial charge in [-0.05, 0) is 30.7 Å². The number of hydrogen-bond acceptors (Lipinski definition) is 5. The molecule has 2 unspecified atom stereocenters. The first-order valence-corrected chi connectivity index (χ1v) is 10.1. The van der Waals surface area contributed by atoms with Crippen molar-refractivity contribution in [1.82, 2.24) is 10.6 Å². The SMILES string of the molecule is CC(C)CC(NC(=O)C(C)Oc1cccc2ccccc12)C(=O)N[C@H](C=O)CC(=O)O. The number of hydrogen-bond donors (Lipinski definition) is 3. The molecule has 0 spiro atoms. The lowest BCUT2D eigenvalue weighted by Crippen LogP contribution is -2.53. The zero-order chi connectivity index (χ0) is 23.0. The molecule has 0 heterocycles. The largest absolute Gasteiger partial charge is 0.481 e. The van der Waals surface area contributed by atoms with Gasteiger partial charge >= 0.3 is 5.97 Å². The zero-order valence-electron chi connectivity index (χ0n) is 17.8. The van der Waals surface area contributed by atoms with E-state index in [1.807, 2.05) is 50.2 Å². The predicted octanol–water partition coefficient (Wildman–Crippen LogP) is 2.30. The summed E-state index contributed by atoms with van der Waals surface area (Å²) in [7, 11) is 0. The van der Waals surface area contributed by atoms with E-state index in [1.54, 1.807) is 13.0 Å². The Bertz CT molecular complexity index is 937. The highest BCUT2D eigenvalue weighted by molar-refractivity contribution is 5.92. The van der Waals surface area contributed by atoms with Gasteiger partial charge in [0.15, 0.2) is 6.10 Å². The summed E-state index contributed by atoms with van der Waals surface area (Å²) in [6.45, 7) is 5.36. The van der Waals surface area contributed by atoms with Gasteiger partial charge < -0.3 is 25.3 Å². The molecule has 0 saturated heterocycles. The first-order valence-electron chi connectivity index (χ1n) is 10.1. The molecule has 0 fully saturated rings. The maximum atomic E-state index is 12.7. The minimum atomic E-state index is -1.21. The Balaban J connectivity index is 2.09. The maximum absolute atomic E-state index is 12.7. The highest BCUT2D eigenvalue weighted by atomic mass is 16.5. The van der Waals surface area contributed by atoms with Gasteiger partial charge in [0.25, 0.3) is 5.91 Å². The van der Waals surface area contributed by atoms with Crippen molar-refractivity contribution in [3.05, 3.63) is 42.5 Å². The number of ether oxygens (including phenoxy) is 1. The second-order valence-corrected chi connectivity index (χ2v) is 7.78. The van der Waals surface area contributed by atoms with Crippen LogP contribution in [-0.2, 0) is 19.2 Å². The predicted molar refractivity (Wildman–Crippen MR) is 116 cm³/mol. The number of carbonyl (C=O) groups is 4. The molecule has 0 aliphatic heterocycles. The van der Waals surface area contributed by atoms with Crippen LogP contribution in [0.5, 0.6) is 5.75 Å². The van der Waals surface area contributed by atoms with Crippen molar-refractivity contribution >= 4 is 34.8 Å². The van der Waals surface area contributed by atoms with Crippen LogP contribution in [0.4, 0.5) is 0 Å². The lowest BCUT2D eigenvalue weighted by molar-refractivity contribution is -0.139. The van der Waals surface area contributed by atoms with Crippen molar-refractivity contribution in [3.63, 3.8) is 0 Å². The van der Waals surface area contributed by atoms with Gasteiger partial charge in [-0.1, -0.05) is 50.2 Å². The average Bonchev–Trinajstić information content (AvgIpc) is 2.72. The normalized spacial score (nSPS) is 13.8. The van der Waals surface area contributed by atoms with E-state index < -0.39 is 42.4 Å². The quantitative estimate of drug-likeness (QED) is 0.472. The van der Waals surface area contributed by atoms with Crippen molar-refractivity contribution in [1.29, 1.82) is 0 Å². The first kappa shape index (κ1) is 23.9. The average molecular weight is 428 g/mol. The van der Waals surface area contributed by atoms with Crippen LogP contribution in [0.1, 0.15) is 33.6 Å². The molecule has 0 aliphatic rings. The fourth-order valence-corrected chi connectivity index (χ4v) is 3.14. The van der Waals surface area contributed by atoms with Crippen molar-refractivity contribution in [2.75, 3.05) is 0 Å². The lowest BCUT2D eigenvalue weighted by Gasteiger charge is -2.24. The van der Waals surface area contributed by atoms with Crippen LogP contribution in [0, 0.1) is 5.92 Å². The molecule has 0 bridgehead atoms. The van der Waals surface area contributed by atoms with Crippen molar-refractivity contribution in [2.24, 2.45) is 5.92 Å². The number of carboxylic acid groups (broad SMARTS) is 1. The van der Waals surface area contributed by atoms with E-state index in [1.165, 1.54) is 0 Å². The van der Waals surface area contributed by atoms with Crippen LogP contribution in [0.15, 0.2) is 42.5 Å². The van der Waals surface area contributed by atoms with Gasteiger partial charge in [-0.3, -0.25) is 14.4 Å². The van der Waals surface area contributed by atoms with Gasteiger partial charge in [0.1, 0.15) is 18.1 Å². The van der Waals surface area contributed by atoms with E-state index >= 15 is 0 Å². The second-order valence-electron chi connectivity index (χ2n) is 7.78. The molecule has 0 aliphatic carbocycles. The van der Waals surface area contributed by atoms with E-state index in [0.29, 0.717) is 18.5 Å². The molecule has 3 atom stereocenters. The summed E-state index contributed by atoms with van der Waals surface area (Å²) in [4.78, 5) is 47.2. The number of carboxylic acids is 1. The molecule has 2 amide bonds. The third-order valence-electron chi connectivity index (χ3n) is 4.65. The van der Waals surface area contributed by atoms with Crippen molar-refractivity contribution < 1.29 is 29.0 Å². The standard InChI is InChI=1S/C23H28N2O6/c1-14(2)11-19(23(30)24-17(13-26)12-21(27)28)25-22(29)15(3)31-20-10-6-8-16-7-4-5-9-18(16)20/h4-10,13-15,17,19H,11-12H2,1-3H3,(H,24,30)(H,25,29)(H,27,28)/t15?,17-,19?/m0/s1. The summed E-state index contributed by atoms with van der Waals surface area (Å²) in [5, 5.41) is 15.7. The number of fused-ring (bicyclic) bond motifs is 1. The Kier molecular flexibility index (Phi) is 8.54. The summed E-state index contributed by atoms with van der Waals surface area (Å²) >= 11 is 0. The number of rotatable bonds is 11. The minimum absolute atomic E-state index is 0.0690. The monoisotopic (exact) mass is 428 g/mol. The molecule has 0 saturated carbocycles. The minimum Gasteiger partial charge on any atom is -0.481 e. The number of aliphatic carboxylic acids is 1. The van der Waals surface area contributed by atoms with Crippen LogP contribution in [0.3, 0.4) is 0 Å². The molecule has 2 rings (SSSR count). The lowest BCUT2D eigenvalue weighted by atomic mass is 10.0. The number of carbonyl (C=O) groups excluding carboxylic acids is 3. The highest BCUT2D eigenvalue weighted by Gasteiger charge is 2.27. The molecule has 166 valence electrons. The number of benzene rings is 2. The Morgan fingerprint density at radius 2 is 1.68 bits per heavy atom. The van der Waals surface area contributed by atoms with E-state index in [2.05, 4.69) is 10.6 Å². The smallest absolute Gasteiger partial charge is 0.305 e. The van der Waals surface area contributed by atoms with Crippen LogP contribution in [0.2, 0.25) is 0 Å². The third-order valence-corrected chi connectivity index (χ3v) is 4.65. The second kappa shape index (κ2) is 11.1. The summed E-state index contributed by atoms with van der Waals surface area (Å²) in [5.41, 5.74) is 0. The topological polar surface area (TPSA) is 122 Å². The Morgan fingerprint density at radius 3 is 2.32 bits per heavy atom. The van der Waals surface area contributed by atoms with Gasteiger partial charge in [0, 0.05) is 5.39 Å². The summed E-state index contributed by atoms with van der Waals surface area (Å²) in [5.74, 6) is -1.70. The van der Waals surface area contributed by atoms with Crippen molar-refractivity contribution in [3.8, 4) is 5.75 Å². The molecular weight excluding hydrogens is 400 g/mol. The Morgan fingerprint density at radius 1 is 1.00 bits per heavy atom. The van der Waals surface area contributed by atoms with Gasteiger partial charge in [-0.25, -0.2) is 0 Å². The molecule has 2 aromatic rings. The fraction of sp³-hybridized carbons (Fsp3) is 0.391. The molecule has 2 aromatic carbocycles. The van der Waals surface area contributed by atoms with Crippen LogP contribution >= 0.6 is 0 Å². The number of aldehydes is 1. The molecule has 0 aromatic heterocycles. The Labute approximate surface area is 181 Å². The number of nitrogens with one attached hydrogen (secondary N) is 2. The highest BCUT2D eigenvalue weighted by Crippen LogP contribution is 2.26.